The van der Waals surface area contributed by atoms with Crippen molar-refractivity contribution in [1.82, 2.24) is 20.3 Å². The van der Waals surface area contributed by atoms with E-state index in [1.807, 2.05) is 19.2 Å². The lowest BCUT2D eigenvalue weighted by Gasteiger charge is -1.89. The fourth-order valence-corrected chi connectivity index (χ4v) is 1.15. The molecule has 2 N–H and O–H groups in total. The van der Waals surface area contributed by atoms with Crippen LogP contribution in [0.5, 0.6) is 0 Å². The predicted octanol–water partition coefficient (Wildman–Crippen LogP) is 0.677. The Hall–Kier alpha value is -1.42. The number of aromatic nitrogens is 3. The first-order valence-electron chi connectivity index (χ1n) is 3.84. The topological polar surface area (TPSA) is 53.6 Å². The van der Waals surface area contributed by atoms with Crippen LogP contribution in [0.25, 0.3) is 11.2 Å². The highest BCUT2D eigenvalue weighted by molar-refractivity contribution is 5.69. The predicted molar refractivity (Wildman–Crippen MR) is 46.7 cm³/mol. The monoisotopic (exact) mass is 162 g/mol. The van der Waals surface area contributed by atoms with Crippen molar-refractivity contribution in [2.45, 2.75) is 6.54 Å². The number of nitrogens with one attached hydrogen (secondary N) is 2. The van der Waals surface area contributed by atoms with Crippen molar-refractivity contribution in [1.29, 1.82) is 0 Å². The van der Waals surface area contributed by atoms with E-state index in [0.29, 0.717) is 0 Å². The molecule has 2 aromatic rings. The molecule has 4 nitrogen and oxygen atoms in total. The molecule has 4 heteroatoms. The molecule has 0 aliphatic rings. The number of rotatable bonds is 2. The molecular formula is C8H10N4. The summed E-state index contributed by atoms with van der Waals surface area (Å²) in [5.74, 6) is 0.922. The molecule has 0 aliphatic carbocycles. The zero-order chi connectivity index (χ0) is 8.39. The molecule has 12 heavy (non-hydrogen) atoms. The summed E-state index contributed by atoms with van der Waals surface area (Å²) >= 11 is 0. The fourth-order valence-electron chi connectivity index (χ4n) is 1.15. The fraction of sp³-hybridized carbons (Fsp3) is 0.250. The summed E-state index contributed by atoms with van der Waals surface area (Å²) in [5.41, 5.74) is 1.77. The Morgan fingerprint density at radius 2 is 2.50 bits per heavy atom. The van der Waals surface area contributed by atoms with Gasteiger partial charge in [-0.2, -0.15) is 0 Å². The van der Waals surface area contributed by atoms with Crippen molar-refractivity contribution in [3.63, 3.8) is 0 Å². The molecule has 0 fully saturated rings. The molecule has 62 valence electrons. The number of H-pyrrole nitrogens is 1. The van der Waals surface area contributed by atoms with Crippen LogP contribution in [-0.4, -0.2) is 22.0 Å². The van der Waals surface area contributed by atoms with Crippen LogP contribution in [0.3, 0.4) is 0 Å². The van der Waals surface area contributed by atoms with E-state index in [1.165, 1.54) is 0 Å². The summed E-state index contributed by atoms with van der Waals surface area (Å²) in [7, 11) is 1.89. The van der Waals surface area contributed by atoms with Crippen molar-refractivity contribution in [3.8, 4) is 0 Å². The number of fused-ring (bicyclic) bond motifs is 1. The first-order chi connectivity index (χ1) is 5.90. The van der Waals surface area contributed by atoms with Gasteiger partial charge in [-0.05, 0) is 19.2 Å². The van der Waals surface area contributed by atoms with Crippen LogP contribution in [0.2, 0.25) is 0 Å². The van der Waals surface area contributed by atoms with Gasteiger partial charge in [0.05, 0.1) is 12.1 Å². The van der Waals surface area contributed by atoms with Gasteiger partial charge in [-0.3, -0.25) is 0 Å². The molecule has 0 saturated heterocycles. The van der Waals surface area contributed by atoms with Crippen LogP contribution < -0.4 is 5.32 Å². The Morgan fingerprint density at radius 3 is 3.25 bits per heavy atom. The van der Waals surface area contributed by atoms with Gasteiger partial charge >= 0.3 is 0 Å². The number of nitrogens with zero attached hydrogens (tertiary/aromatic N) is 2. The van der Waals surface area contributed by atoms with Gasteiger partial charge in [-0.25, -0.2) is 9.97 Å². The molecule has 0 saturated carbocycles. The highest BCUT2D eigenvalue weighted by Crippen LogP contribution is 2.06. The quantitative estimate of drug-likeness (QED) is 0.682. The van der Waals surface area contributed by atoms with Crippen molar-refractivity contribution >= 4 is 11.2 Å². The van der Waals surface area contributed by atoms with E-state index in [2.05, 4.69) is 20.3 Å². The second kappa shape index (κ2) is 2.91. The molecular weight excluding hydrogens is 152 g/mol. The summed E-state index contributed by atoms with van der Waals surface area (Å²) in [6.45, 7) is 0.746. The third-order valence-corrected chi connectivity index (χ3v) is 1.65. The molecule has 2 aromatic heterocycles. The van der Waals surface area contributed by atoms with Gasteiger partial charge in [0.1, 0.15) is 5.82 Å². The smallest absolute Gasteiger partial charge is 0.177 e. The van der Waals surface area contributed by atoms with Gasteiger partial charge in [0.2, 0.25) is 0 Å². The molecule has 0 amide bonds. The lowest BCUT2D eigenvalue weighted by molar-refractivity contribution is 0.774. The Morgan fingerprint density at radius 1 is 1.58 bits per heavy atom. The van der Waals surface area contributed by atoms with Crippen LogP contribution >= 0.6 is 0 Å². The molecule has 0 atom stereocenters. The SMILES string of the molecule is CNCc1nc2ncccc2[nH]1. The van der Waals surface area contributed by atoms with Crippen LogP contribution in [0, 0.1) is 0 Å². The number of aromatic amines is 1. The van der Waals surface area contributed by atoms with Crippen LogP contribution in [0.1, 0.15) is 5.82 Å². The standard InChI is InChI=1S/C8H10N4/c1-9-5-7-11-6-3-2-4-10-8(6)12-7/h2-4,9H,5H2,1H3,(H,10,11,12). The Bertz CT molecular complexity index is 346. The molecule has 0 aromatic carbocycles. The molecule has 0 unspecified atom stereocenters. The van der Waals surface area contributed by atoms with Gasteiger partial charge in [-0.1, -0.05) is 0 Å². The molecule has 0 bridgehead atoms. The molecule has 2 rings (SSSR count). The highest BCUT2D eigenvalue weighted by atomic mass is 15.0. The van der Waals surface area contributed by atoms with Gasteiger partial charge in [0.25, 0.3) is 0 Å². The molecule has 0 aliphatic heterocycles. The minimum atomic E-state index is 0.746. The van der Waals surface area contributed by atoms with E-state index in [4.69, 9.17) is 0 Å². The van der Waals surface area contributed by atoms with Crippen molar-refractivity contribution < 1.29 is 0 Å². The van der Waals surface area contributed by atoms with Crippen LogP contribution in [0.4, 0.5) is 0 Å². The minimum Gasteiger partial charge on any atom is -0.340 e. The van der Waals surface area contributed by atoms with Gasteiger partial charge in [-0.15, -0.1) is 0 Å². The van der Waals surface area contributed by atoms with Gasteiger partial charge < -0.3 is 10.3 Å². The molecule has 2 heterocycles. The van der Waals surface area contributed by atoms with E-state index >= 15 is 0 Å². The van der Waals surface area contributed by atoms with E-state index in [1.54, 1.807) is 6.20 Å². The van der Waals surface area contributed by atoms with Crippen molar-refractivity contribution in [2.75, 3.05) is 7.05 Å². The first kappa shape index (κ1) is 7.24. The summed E-state index contributed by atoms with van der Waals surface area (Å²) < 4.78 is 0. The lowest BCUT2D eigenvalue weighted by atomic mass is 10.4. The maximum Gasteiger partial charge on any atom is 0.177 e. The van der Waals surface area contributed by atoms with Crippen LogP contribution in [-0.2, 0) is 6.54 Å². The highest BCUT2D eigenvalue weighted by Gasteiger charge is 1.99. The number of pyridine rings is 1. The Balaban J connectivity index is 2.47. The first-order valence-corrected chi connectivity index (χ1v) is 3.84. The Labute approximate surface area is 70.0 Å². The van der Waals surface area contributed by atoms with E-state index in [-0.39, 0.29) is 0 Å². The van der Waals surface area contributed by atoms with E-state index in [0.717, 1.165) is 23.5 Å². The van der Waals surface area contributed by atoms with Crippen molar-refractivity contribution in [3.05, 3.63) is 24.2 Å². The lowest BCUT2D eigenvalue weighted by Crippen LogP contribution is -2.06. The second-order valence-electron chi connectivity index (χ2n) is 2.59. The average molecular weight is 162 g/mol. The minimum absolute atomic E-state index is 0.746. The van der Waals surface area contributed by atoms with Crippen LogP contribution in [0.15, 0.2) is 18.3 Å². The maximum absolute atomic E-state index is 4.27. The van der Waals surface area contributed by atoms with E-state index in [9.17, 15) is 0 Å². The number of imidazole rings is 1. The largest absolute Gasteiger partial charge is 0.340 e. The number of hydrogen-bond donors (Lipinski definition) is 2. The molecule has 0 radical (unpaired) electrons. The van der Waals surface area contributed by atoms with Gasteiger partial charge in [0.15, 0.2) is 5.65 Å². The third kappa shape index (κ3) is 1.16. The summed E-state index contributed by atoms with van der Waals surface area (Å²) in [6.07, 6.45) is 1.74. The molecule has 0 spiro atoms. The van der Waals surface area contributed by atoms with Crippen molar-refractivity contribution in [2.24, 2.45) is 0 Å². The van der Waals surface area contributed by atoms with E-state index < -0.39 is 0 Å². The zero-order valence-corrected chi connectivity index (χ0v) is 6.83. The third-order valence-electron chi connectivity index (χ3n) is 1.65. The summed E-state index contributed by atoms with van der Waals surface area (Å²) in [4.78, 5) is 11.5. The average Bonchev–Trinajstić information content (AvgIpc) is 2.47. The zero-order valence-electron chi connectivity index (χ0n) is 6.83. The second-order valence-corrected chi connectivity index (χ2v) is 2.59. The normalized spacial score (nSPS) is 10.8. The summed E-state index contributed by atoms with van der Waals surface area (Å²) in [5, 5.41) is 3.02. The summed E-state index contributed by atoms with van der Waals surface area (Å²) in [6, 6.07) is 3.86. The van der Waals surface area contributed by atoms with Gasteiger partial charge in [0, 0.05) is 6.20 Å². The Kier molecular flexibility index (Phi) is 1.75. The maximum atomic E-state index is 4.27. The number of hydrogen-bond acceptors (Lipinski definition) is 3.